The number of carbonyl (C=O) groups excluding carboxylic acids is 1. The monoisotopic (exact) mass is 274 g/mol. The molecule has 0 atom stereocenters. The summed E-state index contributed by atoms with van der Waals surface area (Å²) in [5.41, 5.74) is 1.91. The van der Waals surface area contributed by atoms with E-state index in [1.165, 1.54) is 5.56 Å². The zero-order valence-corrected chi connectivity index (χ0v) is 11.2. The van der Waals surface area contributed by atoms with Gasteiger partial charge in [0.1, 0.15) is 13.2 Å². The number of ether oxygens (including phenoxy) is 2. The first-order valence-electron chi connectivity index (χ1n) is 6.27. The lowest BCUT2D eigenvalue weighted by Crippen LogP contribution is -2.15. The predicted molar refractivity (Wildman–Crippen MR) is 74.4 cm³/mol. The molecule has 1 aromatic heterocycles. The van der Waals surface area contributed by atoms with Crippen molar-refractivity contribution in [2.24, 2.45) is 0 Å². The van der Waals surface area contributed by atoms with Crippen LogP contribution in [0.25, 0.3) is 0 Å². The van der Waals surface area contributed by atoms with Gasteiger partial charge >= 0.3 is 0 Å². The van der Waals surface area contributed by atoms with Gasteiger partial charge in [-0.25, -0.2) is 0 Å². The van der Waals surface area contributed by atoms with Crippen molar-refractivity contribution in [1.29, 1.82) is 0 Å². The summed E-state index contributed by atoms with van der Waals surface area (Å²) < 4.78 is 10.9. The number of thiophene rings is 1. The highest BCUT2D eigenvalue weighted by Crippen LogP contribution is 2.31. The Labute approximate surface area is 115 Å². The lowest BCUT2D eigenvalue weighted by Gasteiger charge is -2.18. The van der Waals surface area contributed by atoms with Gasteiger partial charge in [-0.2, -0.15) is 11.3 Å². The molecule has 1 aliphatic rings. The first-order valence-corrected chi connectivity index (χ1v) is 7.21. The Morgan fingerprint density at radius 1 is 1.16 bits per heavy atom. The van der Waals surface area contributed by atoms with Crippen molar-refractivity contribution in [2.75, 3.05) is 13.2 Å². The highest BCUT2D eigenvalue weighted by Gasteiger charge is 2.14. The summed E-state index contributed by atoms with van der Waals surface area (Å²) in [5, 5.41) is 4.11. The minimum Gasteiger partial charge on any atom is -0.486 e. The van der Waals surface area contributed by atoms with Crippen LogP contribution in [0.5, 0.6) is 11.5 Å². The molecule has 3 nitrogen and oxygen atoms in total. The normalized spacial score (nSPS) is 13.3. The molecule has 0 fully saturated rings. The number of benzene rings is 1. The van der Waals surface area contributed by atoms with Gasteiger partial charge in [-0.1, -0.05) is 0 Å². The SMILES string of the molecule is O=C(CCc1ccsc1)c1ccc2c(c1)OCCO2. The molecule has 0 saturated carbocycles. The molecule has 4 heteroatoms. The van der Waals surface area contributed by atoms with Gasteiger partial charge in [0.15, 0.2) is 17.3 Å². The van der Waals surface area contributed by atoms with Crippen LogP contribution >= 0.6 is 11.3 Å². The summed E-state index contributed by atoms with van der Waals surface area (Å²) in [6, 6.07) is 7.46. The van der Waals surface area contributed by atoms with Gasteiger partial charge in [-0.15, -0.1) is 0 Å². The van der Waals surface area contributed by atoms with Crippen molar-refractivity contribution >= 4 is 17.1 Å². The third-order valence-corrected chi connectivity index (χ3v) is 3.82. The van der Waals surface area contributed by atoms with Crippen LogP contribution in [0.4, 0.5) is 0 Å². The van der Waals surface area contributed by atoms with Crippen LogP contribution < -0.4 is 9.47 Å². The van der Waals surface area contributed by atoms with E-state index in [4.69, 9.17) is 9.47 Å². The Kier molecular flexibility index (Phi) is 3.51. The number of hydrogen-bond donors (Lipinski definition) is 0. The molecule has 0 N–H and O–H groups in total. The maximum absolute atomic E-state index is 12.1. The lowest BCUT2D eigenvalue weighted by atomic mass is 10.0. The highest BCUT2D eigenvalue weighted by molar-refractivity contribution is 7.07. The second-order valence-corrected chi connectivity index (χ2v) is 5.19. The molecule has 0 amide bonds. The van der Waals surface area contributed by atoms with Crippen molar-refractivity contribution < 1.29 is 14.3 Å². The summed E-state index contributed by atoms with van der Waals surface area (Å²) >= 11 is 1.66. The summed E-state index contributed by atoms with van der Waals surface area (Å²) in [6.45, 7) is 1.11. The number of hydrogen-bond acceptors (Lipinski definition) is 4. The van der Waals surface area contributed by atoms with E-state index < -0.39 is 0 Å². The summed E-state index contributed by atoms with van der Waals surface area (Å²) in [6.07, 6.45) is 1.31. The molecule has 1 aromatic carbocycles. The van der Waals surface area contributed by atoms with Crippen molar-refractivity contribution in [2.45, 2.75) is 12.8 Å². The number of ketones is 1. The predicted octanol–water partition coefficient (Wildman–Crippen LogP) is 3.33. The fourth-order valence-electron chi connectivity index (χ4n) is 2.05. The quantitative estimate of drug-likeness (QED) is 0.802. The van der Waals surface area contributed by atoms with E-state index in [1.54, 1.807) is 17.4 Å². The van der Waals surface area contributed by atoms with E-state index in [0.29, 0.717) is 30.9 Å². The molecule has 0 spiro atoms. The van der Waals surface area contributed by atoms with Gasteiger partial charge in [0.2, 0.25) is 0 Å². The Morgan fingerprint density at radius 3 is 2.79 bits per heavy atom. The van der Waals surface area contributed by atoms with Gasteiger partial charge in [0.05, 0.1) is 0 Å². The van der Waals surface area contributed by atoms with Crippen LogP contribution in [0.15, 0.2) is 35.0 Å². The molecular weight excluding hydrogens is 260 g/mol. The zero-order valence-electron chi connectivity index (χ0n) is 10.4. The number of Topliss-reactive ketones (excluding diaryl/α,β-unsaturated/α-hetero) is 1. The lowest BCUT2D eigenvalue weighted by molar-refractivity contribution is 0.0981. The average Bonchev–Trinajstić information content (AvgIpc) is 2.97. The topological polar surface area (TPSA) is 35.5 Å². The number of carbonyl (C=O) groups is 1. The van der Waals surface area contributed by atoms with Crippen molar-refractivity contribution in [3.05, 3.63) is 46.2 Å². The molecule has 0 radical (unpaired) electrons. The summed E-state index contributed by atoms with van der Waals surface area (Å²) in [4.78, 5) is 12.1. The minimum absolute atomic E-state index is 0.142. The van der Waals surface area contributed by atoms with Crippen LogP contribution in [0.3, 0.4) is 0 Å². The Bertz CT molecular complexity index is 575. The van der Waals surface area contributed by atoms with E-state index in [0.717, 1.165) is 12.2 Å². The van der Waals surface area contributed by atoms with E-state index in [2.05, 4.69) is 11.4 Å². The average molecular weight is 274 g/mol. The second-order valence-electron chi connectivity index (χ2n) is 4.41. The summed E-state index contributed by atoms with van der Waals surface area (Å²) in [5.74, 6) is 1.54. The van der Waals surface area contributed by atoms with Crippen molar-refractivity contribution in [1.82, 2.24) is 0 Å². The fraction of sp³-hybridized carbons (Fsp3) is 0.267. The molecular formula is C15H14O3S. The first-order chi connectivity index (χ1) is 9.33. The zero-order chi connectivity index (χ0) is 13.1. The molecule has 0 unspecified atom stereocenters. The van der Waals surface area contributed by atoms with Gasteiger partial charge in [0.25, 0.3) is 0 Å². The maximum Gasteiger partial charge on any atom is 0.163 e. The van der Waals surface area contributed by atoms with Crippen LogP contribution in [-0.2, 0) is 6.42 Å². The van der Waals surface area contributed by atoms with Gasteiger partial charge in [-0.3, -0.25) is 4.79 Å². The van der Waals surface area contributed by atoms with Crippen LogP contribution in [-0.4, -0.2) is 19.0 Å². The molecule has 98 valence electrons. The number of fused-ring (bicyclic) bond motifs is 1. The van der Waals surface area contributed by atoms with Crippen LogP contribution in [0.2, 0.25) is 0 Å². The Morgan fingerprint density at radius 2 is 2.00 bits per heavy atom. The van der Waals surface area contributed by atoms with Gasteiger partial charge < -0.3 is 9.47 Å². The van der Waals surface area contributed by atoms with E-state index in [9.17, 15) is 4.79 Å². The molecule has 2 heterocycles. The molecule has 19 heavy (non-hydrogen) atoms. The smallest absolute Gasteiger partial charge is 0.163 e. The minimum atomic E-state index is 0.142. The van der Waals surface area contributed by atoms with Gasteiger partial charge in [0, 0.05) is 12.0 Å². The molecule has 2 aromatic rings. The molecule has 0 aliphatic carbocycles. The number of rotatable bonds is 4. The van der Waals surface area contributed by atoms with Crippen LogP contribution in [0, 0.1) is 0 Å². The van der Waals surface area contributed by atoms with E-state index in [1.807, 2.05) is 17.5 Å². The van der Waals surface area contributed by atoms with Gasteiger partial charge in [-0.05, 0) is 47.0 Å². The first kappa shape index (κ1) is 12.2. The molecule has 3 rings (SSSR count). The molecule has 0 saturated heterocycles. The van der Waals surface area contributed by atoms with Crippen molar-refractivity contribution in [3.63, 3.8) is 0 Å². The number of aryl methyl sites for hydroxylation is 1. The Balaban J connectivity index is 1.69. The fourth-order valence-corrected chi connectivity index (χ4v) is 2.76. The molecule has 1 aliphatic heterocycles. The standard InChI is InChI=1S/C15H14O3S/c16-13(3-1-11-5-8-19-10-11)12-2-4-14-15(9-12)18-7-6-17-14/h2,4-5,8-10H,1,3,6-7H2. The second kappa shape index (κ2) is 5.45. The van der Waals surface area contributed by atoms with E-state index >= 15 is 0 Å². The van der Waals surface area contributed by atoms with Crippen molar-refractivity contribution in [3.8, 4) is 11.5 Å². The largest absolute Gasteiger partial charge is 0.486 e. The van der Waals surface area contributed by atoms with Crippen LogP contribution in [0.1, 0.15) is 22.3 Å². The third-order valence-electron chi connectivity index (χ3n) is 3.08. The third kappa shape index (κ3) is 2.79. The van der Waals surface area contributed by atoms with E-state index in [-0.39, 0.29) is 5.78 Å². The highest BCUT2D eigenvalue weighted by atomic mass is 32.1. The maximum atomic E-state index is 12.1. The Hall–Kier alpha value is -1.81. The summed E-state index contributed by atoms with van der Waals surface area (Å²) in [7, 11) is 0. The molecule has 0 bridgehead atoms.